The summed E-state index contributed by atoms with van der Waals surface area (Å²) in [5.41, 5.74) is 2.11. The van der Waals surface area contributed by atoms with Crippen LogP contribution in [0.15, 0.2) is 63.2 Å². The largest absolute Gasteiger partial charge is 0.308 e. The molecule has 0 fully saturated rings. The molecule has 0 radical (unpaired) electrons. The van der Waals surface area contributed by atoms with Gasteiger partial charge in [0.15, 0.2) is 9.84 Å². The Labute approximate surface area is 128 Å². The van der Waals surface area contributed by atoms with Gasteiger partial charge in [0.1, 0.15) is 10.6 Å². The molecule has 0 unspecified atom stereocenters. The number of sulfone groups is 2. The first kappa shape index (κ1) is 15.9. The molecule has 1 N–H and O–H groups in total. The van der Waals surface area contributed by atoms with E-state index in [2.05, 4.69) is 10.5 Å². The van der Waals surface area contributed by atoms with E-state index < -0.39 is 19.7 Å². The second-order valence-electron chi connectivity index (χ2n) is 4.46. The van der Waals surface area contributed by atoms with Gasteiger partial charge in [0, 0.05) is 6.26 Å². The van der Waals surface area contributed by atoms with E-state index in [1.54, 1.807) is 18.2 Å². The predicted molar refractivity (Wildman–Crippen MR) is 80.2 cm³/mol. The number of rotatable bonds is 4. The number of nitrogens with one attached hydrogen (secondary N) is 1. The zero-order valence-electron chi connectivity index (χ0n) is 11.5. The fourth-order valence-corrected chi connectivity index (χ4v) is 4.00. The van der Waals surface area contributed by atoms with Gasteiger partial charge in [-0.1, -0.05) is 18.2 Å². The van der Waals surface area contributed by atoms with Crippen LogP contribution >= 0.6 is 0 Å². The van der Waals surface area contributed by atoms with Gasteiger partial charge in [0.25, 0.3) is 5.39 Å². The van der Waals surface area contributed by atoms with Gasteiger partial charge in [0.05, 0.1) is 9.79 Å². The van der Waals surface area contributed by atoms with Crippen LogP contribution in [0.1, 0.15) is 0 Å². The molecule has 0 atom stereocenters. The van der Waals surface area contributed by atoms with Crippen LogP contribution < -0.4 is 5.43 Å². The molecule has 0 bridgehead atoms. The fraction of sp³-hybridized carbons (Fsp3) is 0.0769. The summed E-state index contributed by atoms with van der Waals surface area (Å²) in [5, 5.41) is 11.3. The molecule has 0 aliphatic heterocycles. The van der Waals surface area contributed by atoms with E-state index >= 15 is 0 Å². The van der Waals surface area contributed by atoms with E-state index in [1.807, 2.05) is 0 Å². The minimum absolute atomic E-state index is 0.00152. The first-order valence-electron chi connectivity index (χ1n) is 6.01. The minimum atomic E-state index is -3.97. The van der Waals surface area contributed by atoms with Gasteiger partial charge in [0.2, 0.25) is 9.84 Å². The van der Waals surface area contributed by atoms with Crippen molar-refractivity contribution in [3.63, 3.8) is 0 Å². The molecule has 0 heterocycles. The molecule has 0 amide bonds. The van der Waals surface area contributed by atoms with Crippen LogP contribution in [0.3, 0.4) is 0 Å². The Kier molecular flexibility index (Phi) is 4.16. The predicted octanol–water partition coefficient (Wildman–Crippen LogP) is 2.10. The summed E-state index contributed by atoms with van der Waals surface area (Å²) in [6.07, 6.45) is 0.977. The van der Waals surface area contributed by atoms with E-state index in [0.717, 1.165) is 12.3 Å². The maximum atomic E-state index is 12.7. The lowest BCUT2D eigenvalue weighted by Crippen LogP contribution is -2.07. The van der Waals surface area contributed by atoms with Gasteiger partial charge in [-0.3, -0.25) is 0 Å². The van der Waals surface area contributed by atoms with Crippen molar-refractivity contribution in [3.05, 3.63) is 53.6 Å². The molecule has 0 aliphatic rings. The van der Waals surface area contributed by atoms with Gasteiger partial charge in [-0.2, -0.15) is 0 Å². The Hall–Kier alpha value is -2.44. The van der Waals surface area contributed by atoms with Gasteiger partial charge in [-0.25, -0.2) is 16.8 Å². The number of diazo groups is 1. The van der Waals surface area contributed by atoms with Crippen molar-refractivity contribution >= 4 is 25.4 Å². The molecule has 9 heteroatoms. The fourth-order valence-electron chi connectivity index (χ4n) is 1.83. The van der Waals surface area contributed by atoms with Crippen molar-refractivity contribution in [2.45, 2.75) is 14.7 Å². The number of anilines is 1. The summed E-state index contributed by atoms with van der Waals surface area (Å²) in [6.45, 7) is 0. The number of hydrogen-bond acceptors (Lipinski definition) is 6. The number of nitrogens with zero attached hydrogens (tertiary/aromatic N) is 2. The molecule has 0 saturated carbocycles. The third-order valence-corrected chi connectivity index (χ3v) is 5.81. The molecule has 0 aliphatic carbocycles. The van der Waals surface area contributed by atoms with Gasteiger partial charge in [-0.05, 0) is 35.8 Å². The number of benzene rings is 2. The molecule has 0 saturated heterocycles. The number of hydrogen-bond donors (Lipinski definition) is 1. The van der Waals surface area contributed by atoms with Crippen molar-refractivity contribution in [1.82, 2.24) is 0 Å². The average molecular weight is 338 g/mol. The zero-order valence-corrected chi connectivity index (χ0v) is 13.1. The third kappa shape index (κ3) is 3.08. The lowest BCUT2D eigenvalue weighted by molar-refractivity contribution is 0.596. The van der Waals surface area contributed by atoms with Gasteiger partial charge in [-0.15, -0.1) is 0 Å². The highest BCUT2D eigenvalue weighted by Gasteiger charge is 2.25. The molecule has 0 aromatic heterocycles. The van der Waals surface area contributed by atoms with Gasteiger partial charge < -0.3 is 0 Å². The van der Waals surface area contributed by atoms with E-state index in [9.17, 15) is 16.8 Å². The van der Waals surface area contributed by atoms with Crippen LogP contribution in [0.2, 0.25) is 0 Å². The Morgan fingerprint density at radius 2 is 1.59 bits per heavy atom. The van der Waals surface area contributed by atoms with Gasteiger partial charge >= 0.3 is 5.08 Å². The molecular weight excluding hydrogens is 326 g/mol. The first-order chi connectivity index (χ1) is 10.3. The Morgan fingerprint density at radius 1 is 0.955 bits per heavy atom. The molecule has 0 spiro atoms. The van der Waals surface area contributed by atoms with E-state index in [0.29, 0.717) is 0 Å². The van der Waals surface area contributed by atoms with Crippen molar-refractivity contribution in [2.75, 3.05) is 11.7 Å². The van der Waals surface area contributed by atoms with Crippen LogP contribution in [-0.4, -0.2) is 23.1 Å². The third-order valence-electron chi connectivity index (χ3n) is 2.89. The van der Waals surface area contributed by atoms with E-state index in [1.165, 1.54) is 24.3 Å². The Bertz CT molecular complexity index is 947. The molecular formula is C13H12N3O4S2+. The molecule has 7 nitrogen and oxygen atoms in total. The van der Waals surface area contributed by atoms with Crippen LogP contribution in [0.4, 0.5) is 5.69 Å². The summed E-state index contributed by atoms with van der Waals surface area (Å²) in [6, 6.07) is 11.0. The van der Waals surface area contributed by atoms with Crippen molar-refractivity contribution in [2.24, 2.45) is 0 Å². The highest BCUT2D eigenvalue weighted by atomic mass is 32.2. The quantitative estimate of drug-likeness (QED) is 0.675. The first-order valence-corrected chi connectivity index (χ1v) is 9.38. The maximum Gasteiger partial charge on any atom is 0.308 e. The standard InChI is InChI=1S/C13H12N3O4S2/c1-21(17,18)11-7-8-12(15-16-14)13(9-11)22(19,20)10-5-3-2-4-6-10/h2-9,15H,1H3/q+1. The summed E-state index contributed by atoms with van der Waals surface area (Å²) < 4.78 is 48.6. The summed E-state index contributed by atoms with van der Waals surface area (Å²) >= 11 is 0. The van der Waals surface area contributed by atoms with Crippen molar-refractivity contribution < 1.29 is 16.8 Å². The average Bonchev–Trinajstić information content (AvgIpc) is 2.47. The second kappa shape index (κ2) is 5.75. The molecule has 114 valence electrons. The SMILES string of the molecule is CS(=O)(=O)c1ccc(N[N+]#N)c(S(=O)(=O)c2ccccc2)c1. The smallest absolute Gasteiger partial charge is 0.224 e. The lowest BCUT2D eigenvalue weighted by Gasteiger charge is -2.08. The van der Waals surface area contributed by atoms with E-state index in [-0.39, 0.29) is 20.4 Å². The highest BCUT2D eigenvalue weighted by molar-refractivity contribution is 7.92. The maximum absolute atomic E-state index is 12.7. The topological polar surface area (TPSA) is 108 Å². The second-order valence-corrected chi connectivity index (χ2v) is 8.39. The normalized spacial score (nSPS) is 11.6. The van der Waals surface area contributed by atoms with E-state index in [4.69, 9.17) is 5.39 Å². The Balaban J connectivity index is 2.75. The summed E-state index contributed by atoms with van der Waals surface area (Å²) in [4.78, 5) is -0.438. The van der Waals surface area contributed by atoms with Crippen LogP contribution in [-0.2, 0) is 19.7 Å². The highest BCUT2D eigenvalue weighted by Crippen LogP contribution is 2.30. The molecule has 2 aromatic carbocycles. The summed E-state index contributed by atoms with van der Waals surface area (Å²) in [5.74, 6) is 0. The molecule has 2 rings (SSSR count). The summed E-state index contributed by atoms with van der Waals surface area (Å²) in [7, 11) is -7.56. The zero-order chi connectivity index (χ0) is 16.4. The van der Waals surface area contributed by atoms with Crippen LogP contribution in [0.5, 0.6) is 0 Å². The Morgan fingerprint density at radius 3 is 2.14 bits per heavy atom. The van der Waals surface area contributed by atoms with Crippen LogP contribution in [0.25, 0.3) is 5.08 Å². The van der Waals surface area contributed by atoms with Crippen LogP contribution in [0, 0.1) is 5.39 Å². The minimum Gasteiger partial charge on any atom is -0.224 e. The molecule has 2 aromatic rings. The lowest BCUT2D eigenvalue weighted by atomic mass is 10.3. The van der Waals surface area contributed by atoms with Crippen molar-refractivity contribution in [3.8, 4) is 0 Å². The monoisotopic (exact) mass is 338 g/mol. The van der Waals surface area contributed by atoms with Crippen molar-refractivity contribution in [1.29, 1.82) is 5.39 Å². The molecule has 22 heavy (non-hydrogen) atoms.